The maximum Gasteiger partial charge on any atom is 0.120 e. The zero-order chi connectivity index (χ0) is 12.3. The van der Waals surface area contributed by atoms with Crippen molar-refractivity contribution in [3.63, 3.8) is 0 Å². The van der Waals surface area contributed by atoms with Crippen LogP contribution in [0.2, 0.25) is 0 Å². The zero-order valence-corrected chi connectivity index (χ0v) is 11.0. The lowest BCUT2D eigenvalue weighted by Crippen LogP contribution is -2.29. The maximum absolute atomic E-state index is 9.85. The second-order valence-corrected chi connectivity index (χ2v) is 5.73. The van der Waals surface area contributed by atoms with E-state index in [0.717, 1.165) is 17.7 Å². The Balaban J connectivity index is 2.70. The van der Waals surface area contributed by atoms with E-state index in [1.807, 2.05) is 25.1 Å². The fraction of sp³-hybridized carbons (Fsp3) is 0.571. The van der Waals surface area contributed by atoms with E-state index in [-0.39, 0.29) is 11.5 Å². The summed E-state index contributed by atoms with van der Waals surface area (Å²) in [7, 11) is 0. The number of hydrogen-bond donors (Lipinski definition) is 2. The molecule has 0 heterocycles. The van der Waals surface area contributed by atoms with Gasteiger partial charge in [-0.25, -0.2) is 0 Å². The van der Waals surface area contributed by atoms with E-state index in [1.165, 1.54) is 0 Å². The van der Waals surface area contributed by atoms with Crippen molar-refractivity contribution in [3.8, 4) is 5.75 Å². The van der Waals surface area contributed by atoms with Crippen molar-refractivity contribution in [3.05, 3.63) is 29.3 Å². The first-order chi connectivity index (χ1) is 7.29. The summed E-state index contributed by atoms with van der Waals surface area (Å²) in [5.74, 6) is 0.383. The summed E-state index contributed by atoms with van der Waals surface area (Å²) in [5.41, 5.74) is 2.31. The number of aromatic hydroxyl groups is 1. The molecule has 2 N–H and O–H groups in total. The van der Waals surface area contributed by atoms with Gasteiger partial charge < -0.3 is 10.4 Å². The van der Waals surface area contributed by atoms with Gasteiger partial charge in [0.15, 0.2) is 0 Å². The van der Waals surface area contributed by atoms with E-state index >= 15 is 0 Å². The van der Waals surface area contributed by atoms with Gasteiger partial charge in [-0.05, 0) is 30.9 Å². The van der Waals surface area contributed by atoms with Crippen LogP contribution >= 0.6 is 0 Å². The van der Waals surface area contributed by atoms with E-state index in [4.69, 9.17) is 0 Å². The second-order valence-electron chi connectivity index (χ2n) is 5.73. The second kappa shape index (κ2) is 4.88. The molecule has 0 amide bonds. The Labute approximate surface area is 98.7 Å². The fourth-order valence-corrected chi connectivity index (χ4v) is 1.59. The van der Waals surface area contributed by atoms with E-state index in [0.29, 0.717) is 5.75 Å². The van der Waals surface area contributed by atoms with Gasteiger partial charge in [-0.3, -0.25) is 0 Å². The lowest BCUT2D eigenvalue weighted by atomic mass is 9.96. The van der Waals surface area contributed by atoms with Gasteiger partial charge >= 0.3 is 0 Å². The van der Waals surface area contributed by atoms with E-state index in [2.05, 4.69) is 33.0 Å². The normalized spacial score (nSPS) is 13.8. The summed E-state index contributed by atoms with van der Waals surface area (Å²) in [5, 5.41) is 13.3. The molecule has 2 heteroatoms. The molecule has 90 valence electrons. The number of nitrogens with one attached hydrogen (secondary N) is 1. The molecule has 1 rings (SSSR count). The Bertz CT molecular complexity index is 352. The molecular weight excluding hydrogens is 198 g/mol. The highest BCUT2D eigenvalue weighted by Gasteiger charge is 2.14. The van der Waals surface area contributed by atoms with E-state index < -0.39 is 0 Å². The molecule has 0 spiro atoms. The Morgan fingerprint density at radius 2 is 1.94 bits per heavy atom. The molecule has 0 aliphatic heterocycles. The van der Waals surface area contributed by atoms with Crippen molar-refractivity contribution < 1.29 is 5.11 Å². The summed E-state index contributed by atoms with van der Waals surface area (Å²) < 4.78 is 0. The van der Waals surface area contributed by atoms with Gasteiger partial charge in [-0.1, -0.05) is 32.9 Å². The first kappa shape index (κ1) is 13.0. The van der Waals surface area contributed by atoms with Crippen molar-refractivity contribution >= 4 is 0 Å². The Morgan fingerprint density at radius 3 is 2.44 bits per heavy atom. The molecule has 0 radical (unpaired) electrons. The van der Waals surface area contributed by atoms with Gasteiger partial charge in [0.05, 0.1) is 0 Å². The summed E-state index contributed by atoms with van der Waals surface area (Å²) in [6.07, 6.45) is 0. The molecule has 1 unspecified atom stereocenters. The number of benzene rings is 1. The summed E-state index contributed by atoms with van der Waals surface area (Å²) in [4.78, 5) is 0. The highest BCUT2D eigenvalue weighted by atomic mass is 16.3. The molecule has 1 atom stereocenters. The first-order valence-corrected chi connectivity index (χ1v) is 5.82. The average Bonchev–Trinajstić information content (AvgIpc) is 2.13. The van der Waals surface area contributed by atoms with Gasteiger partial charge in [0, 0.05) is 18.2 Å². The van der Waals surface area contributed by atoms with Gasteiger partial charge in [0.25, 0.3) is 0 Å². The lowest BCUT2D eigenvalue weighted by Gasteiger charge is -2.23. The van der Waals surface area contributed by atoms with Crippen LogP contribution in [0.15, 0.2) is 18.2 Å². The van der Waals surface area contributed by atoms with Crippen molar-refractivity contribution in [2.45, 2.75) is 40.7 Å². The van der Waals surface area contributed by atoms with Gasteiger partial charge in [0.2, 0.25) is 0 Å². The van der Waals surface area contributed by atoms with Crippen LogP contribution in [0.1, 0.15) is 44.9 Å². The van der Waals surface area contributed by atoms with E-state index in [9.17, 15) is 5.11 Å². The van der Waals surface area contributed by atoms with Crippen LogP contribution in [-0.4, -0.2) is 11.7 Å². The summed E-state index contributed by atoms with van der Waals surface area (Å²) in [6, 6.07) is 6.01. The molecule has 0 saturated carbocycles. The van der Waals surface area contributed by atoms with Crippen LogP contribution in [0.25, 0.3) is 0 Å². The quantitative estimate of drug-likeness (QED) is 0.820. The number of aryl methyl sites for hydroxylation is 1. The van der Waals surface area contributed by atoms with Crippen LogP contribution in [-0.2, 0) is 0 Å². The van der Waals surface area contributed by atoms with Crippen molar-refractivity contribution in [2.75, 3.05) is 6.54 Å². The smallest absolute Gasteiger partial charge is 0.120 e. The molecule has 1 aromatic carbocycles. The van der Waals surface area contributed by atoms with Gasteiger partial charge in [-0.15, -0.1) is 0 Å². The minimum Gasteiger partial charge on any atom is -0.508 e. The molecule has 2 nitrogen and oxygen atoms in total. The average molecular weight is 221 g/mol. The standard InChI is InChI=1S/C14H23NO/c1-10-6-7-12(13(16)8-10)11(2)15-9-14(3,4)5/h6-8,11,15-16H,9H2,1-5H3. The molecule has 0 aliphatic rings. The number of phenols is 1. The number of hydrogen-bond acceptors (Lipinski definition) is 2. The highest BCUT2D eigenvalue weighted by molar-refractivity contribution is 5.37. The molecule has 16 heavy (non-hydrogen) atoms. The van der Waals surface area contributed by atoms with Crippen LogP contribution in [0, 0.1) is 12.3 Å². The molecule has 0 aromatic heterocycles. The van der Waals surface area contributed by atoms with E-state index in [1.54, 1.807) is 0 Å². The Morgan fingerprint density at radius 1 is 1.31 bits per heavy atom. The minimum absolute atomic E-state index is 0.180. The molecule has 0 aliphatic carbocycles. The maximum atomic E-state index is 9.85. The molecule has 1 aromatic rings. The highest BCUT2D eigenvalue weighted by Crippen LogP contribution is 2.25. The van der Waals surface area contributed by atoms with Crippen LogP contribution < -0.4 is 5.32 Å². The van der Waals surface area contributed by atoms with Gasteiger partial charge in [-0.2, -0.15) is 0 Å². The molecular formula is C14H23NO. The fourth-order valence-electron chi connectivity index (χ4n) is 1.59. The zero-order valence-electron chi connectivity index (χ0n) is 11.0. The van der Waals surface area contributed by atoms with Crippen molar-refractivity contribution in [1.82, 2.24) is 5.32 Å². The Hall–Kier alpha value is -1.02. The number of phenolic OH excluding ortho intramolecular Hbond substituents is 1. The largest absolute Gasteiger partial charge is 0.508 e. The van der Waals surface area contributed by atoms with Crippen LogP contribution in [0.5, 0.6) is 5.75 Å². The third kappa shape index (κ3) is 3.86. The minimum atomic E-state index is 0.180. The van der Waals surface area contributed by atoms with Gasteiger partial charge in [0.1, 0.15) is 5.75 Å². The summed E-state index contributed by atoms with van der Waals surface area (Å²) in [6.45, 7) is 11.6. The van der Waals surface area contributed by atoms with Crippen molar-refractivity contribution in [2.24, 2.45) is 5.41 Å². The topological polar surface area (TPSA) is 32.3 Å². The van der Waals surface area contributed by atoms with Crippen molar-refractivity contribution in [1.29, 1.82) is 0 Å². The van der Waals surface area contributed by atoms with Crippen LogP contribution in [0.3, 0.4) is 0 Å². The molecule has 0 bridgehead atoms. The Kier molecular flexibility index (Phi) is 3.98. The molecule has 0 fully saturated rings. The molecule has 0 saturated heterocycles. The summed E-state index contributed by atoms with van der Waals surface area (Å²) >= 11 is 0. The lowest BCUT2D eigenvalue weighted by molar-refractivity contribution is 0.355. The number of rotatable bonds is 3. The predicted octanol–water partition coefficient (Wildman–Crippen LogP) is 3.40. The third-order valence-electron chi connectivity index (χ3n) is 2.59. The third-order valence-corrected chi connectivity index (χ3v) is 2.59. The predicted molar refractivity (Wildman–Crippen MR) is 68.7 cm³/mol. The monoisotopic (exact) mass is 221 g/mol. The first-order valence-electron chi connectivity index (χ1n) is 5.82. The SMILES string of the molecule is Cc1ccc(C(C)NCC(C)(C)C)c(O)c1. The van der Waals surface area contributed by atoms with Crippen LogP contribution in [0.4, 0.5) is 0 Å².